The molecule has 3 nitrogen and oxygen atoms in total. The van der Waals surface area contributed by atoms with Gasteiger partial charge in [0.1, 0.15) is 11.2 Å². The highest BCUT2D eigenvalue weighted by Gasteiger charge is 2.44. The SMILES string of the molecule is O=C(O)C1(CO)CCCc2c1ccc(Cl)c2F. The van der Waals surface area contributed by atoms with Gasteiger partial charge in [0.25, 0.3) is 0 Å². The number of carboxylic acids is 1. The van der Waals surface area contributed by atoms with Crippen LogP contribution in [0.15, 0.2) is 12.1 Å². The highest BCUT2D eigenvalue weighted by molar-refractivity contribution is 6.30. The fourth-order valence-electron chi connectivity index (χ4n) is 2.44. The van der Waals surface area contributed by atoms with Gasteiger partial charge < -0.3 is 10.2 Å². The molecule has 0 spiro atoms. The van der Waals surface area contributed by atoms with E-state index in [1.165, 1.54) is 12.1 Å². The summed E-state index contributed by atoms with van der Waals surface area (Å²) in [6, 6.07) is 2.85. The molecule has 1 aliphatic rings. The topological polar surface area (TPSA) is 57.5 Å². The lowest BCUT2D eigenvalue weighted by molar-refractivity contribution is -0.146. The Morgan fingerprint density at radius 3 is 2.82 bits per heavy atom. The predicted octanol–water partition coefficient (Wildman–Crippen LogP) is 2.13. The van der Waals surface area contributed by atoms with Crippen LogP contribution in [0.1, 0.15) is 24.0 Å². The number of hydrogen-bond acceptors (Lipinski definition) is 2. The maximum absolute atomic E-state index is 13.8. The molecule has 2 rings (SSSR count). The summed E-state index contributed by atoms with van der Waals surface area (Å²) < 4.78 is 13.8. The average Bonchev–Trinajstić information content (AvgIpc) is 2.33. The third-order valence-corrected chi connectivity index (χ3v) is 3.71. The Balaban J connectivity index is 2.67. The number of halogens is 2. The molecule has 1 aromatic carbocycles. The number of hydrogen-bond donors (Lipinski definition) is 2. The molecule has 0 saturated heterocycles. The van der Waals surface area contributed by atoms with Gasteiger partial charge >= 0.3 is 5.97 Å². The van der Waals surface area contributed by atoms with Crippen molar-refractivity contribution in [2.45, 2.75) is 24.7 Å². The fraction of sp³-hybridized carbons (Fsp3) is 0.417. The van der Waals surface area contributed by atoms with Crippen LogP contribution in [0.5, 0.6) is 0 Å². The minimum Gasteiger partial charge on any atom is -0.481 e. The molecule has 0 bridgehead atoms. The van der Waals surface area contributed by atoms with Crippen molar-refractivity contribution in [3.63, 3.8) is 0 Å². The van der Waals surface area contributed by atoms with Crippen LogP contribution in [0.25, 0.3) is 0 Å². The standard InChI is InChI=1S/C12H12ClFO3/c13-9-4-3-8-7(10(9)14)2-1-5-12(8,6-15)11(16)17/h3-4,15H,1-2,5-6H2,(H,16,17). The van der Waals surface area contributed by atoms with Crippen LogP contribution < -0.4 is 0 Å². The van der Waals surface area contributed by atoms with Gasteiger partial charge in [-0.1, -0.05) is 17.7 Å². The highest BCUT2D eigenvalue weighted by Crippen LogP contribution is 2.40. The maximum atomic E-state index is 13.8. The van der Waals surface area contributed by atoms with Gasteiger partial charge in [0.2, 0.25) is 0 Å². The van der Waals surface area contributed by atoms with Crippen LogP contribution in [-0.2, 0) is 16.6 Å². The highest BCUT2D eigenvalue weighted by atomic mass is 35.5. The van der Waals surface area contributed by atoms with Crippen molar-refractivity contribution < 1.29 is 19.4 Å². The van der Waals surface area contributed by atoms with Crippen molar-refractivity contribution in [1.82, 2.24) is 0 Å². The van der Waals surface area contributed by atoms with Crippen LogP contribution in [0.4, 0.5) is 4.39 Å². The molecule has 1 unspecified atom stereocenters. The van der Waals surface area contributed by atoms with E-state index in [4.69, 9.17) is 11.6 Å². The number of aliphatic hydroxyl groups excluding tert-OH is 1. The summed E-state index contributed by atoms with van der Waals surface area (Å²) in [6.07, 6.45) is 1.29. The molecule has 1 aliphatic carbocycles. The van der Waals surface area contributed by atoms with Crippen molar-refractivity contribution in [2.75, 3.05) is 6.61 Å². The van der Waals surface area contributed by atoms with Gasteiger partial charge in [0, 0.05) is 0 Å². The van der Waals surface area contributed by atoms with E-state index in [0.29, 0.717) is 30.4 Å². The van der Waals surface area contributed by atoms with Crippen LogP contribution in [-0.4, -0.2) is 22.8 Å². The second-order valence-corrected chi connectivity index (χ2v) is 4.69. The molecule has 5 heteroatoms. The van der Waals surface area contributed by atoms with Crippen molar-refractivity contribution >= 4 is 17.6 Å². The van der Waals surface area contributed by atoms with Crippen molar-refractivity contribution in [2.24, 2.45) is 0 Å². The Hall–Kier alpha value is -1.13. The van der Waals surface area contributed by atoms with Crippen molar-refractivity contribution in [3.8, 4) is 0 Å². The van der Waals surface area contributed by atoms with Gasteiger partial charge in [-0.15, -0.1) is 0 Å². The zero-order valence-electron chi connectivity index (χ0n) is 9.04. The first kappa shape index (κ1) is 12.3. The number of benzene rings is 1. The first-order valence-corrected chi connectivity index (χ1v) is 5.72. The first-order chi connectivity index (χ1) is 8.03. The summed E-state index contributed by atoms with van der Waals surface area (Å²) in [6.45, 7) is -0.531. The second-order valence-electron chi connectivity index (χ2n) is 4.29. The van der Waals surface area contributed by atoms with Crippen LogP contribution in [0.2, 0.25) is 5.02 Å². The van der Waals surface area contributed by atoms with E-state index in [-0.39, 0.29) is 5.02 Å². The number of fused-ring (bicyclic) bond motifs is 1. The Kier molecular flexibility index (Phi) is 3.10. The summed E-state index contributed by atoms with van der Waals surface area (Å²) in [5.41, 5.74) is -0.722. The Bertz CT molecular complexity index is 475. The molecule has 0 aromatic heterocycles. The molecule has 0 saturated carbocycles. The summed E-state index contributed by atoms with van der Waals surface area (Å²) >= 11 is 5.68. The summed E-state index contributed by atoms with van der Waals surface area (Å²) in [5.74, 6) is -1.69. The van der Waals surface area contributed by atoms with E-state index >= 15 is 0 Å². The molecule has 1 aromatic rings. The Morgan fingerprint density at radius 2 is 2.24 bits per heavy atom. The van der Waals surface area contributed by atoms with E-state index in [1.807, 2.05) is 0 Å². The van der Waals surface area contributed by atoms with Crippen LogP contribution >= 0.6 is 11.6 Å². The van der Waals surface area contributed by atoms with Crippen molar-refractivity contribution in [1.29, 1.82) is 0 Å². The molecule has 0 aliphatic heterocycles. The Labute approximate surface area is 103 Å². The molecule has 1 atom stereocenters. The number of rotatable bonds is 2. The minimum atomic E-state index is -1.39. The number of aliphatic hydroxyl groups is 1. The fourth-order valence-corrected chi connectivity index (χ4v) is 2.62. The van der Waals surface area contributed by atoms with Crippen LogP contribution in [0.3, 0.4) is 0 Å². The summed E-state index contributed by atoms with van der Waals surface area (Å²) in [7, 11) is 0. The first-order valence-electron chi connectivity index (χ1n) is 5.34. The molecule has 92 valence electrons. The smallest absolute Gasteiger partial charge is 0.316 e. The summed E-state index contributed by atoms with van der Waals surface area (Å²) in [5, 5.41) is 18.7. The molecule has 2 N–H and O–H groups in total. The number of aliphatic carboxylic acids is 1. The molecule has 0 heterocycles. The summed E-state index contributed by atoms with van der Waals surface area (Å²) in [4.78, 5) is 11.4. The monoisotopic (exact) mass is 258 g/mol. The van der Waals surface area contributed by atoms with Gasteiger partial charge in [0.15, 0.2) is 0 Å². The lowest BCUT2D eigenvalue weighted by Crippen LogP contribution is -2.42. The third-order valence-electron chi connectivity index (χ3n) is 3.42. The second kappa shape index (κ2) is 4.27. The molecular weight excluding hydrogens is 247 g/mol. The molecule has 0 radical (unpaired) electrons. The molecule has 17 heavy (non-hydrogen) atoms. The van der Waals surface area contributed by atoms with E-state index in [1.54, 1.807) is 0 Å². The lowest BCUT2D eigenvalue weighted by atomic mass is 9.70. The van der Waals surface area contributed by atoms with Gasteiger partial charge in [-0.3, -0.25) is 4.79 Å². The van der Waals surface area contributed by atoms with Gasteiger partial charge in [0.05, 0.1) is 11.6 Å². The zero-order chi connectivity index (χ0) is 12.6. The third kappa shape index (κ3) is 1.72. The molecular formula is C12H12ClFO3. The lowest BCUT2D eigenvalue weighted by Gasteiger charge is -2.34. The van der Waals surface area contributed by atoms with Gasteiger partial charge in [-0.25, -0.2) is 4.39 Å². The maximum Gasteiger partial charge on any atom is 0.316 e. The average molecular weight is 259 g/mol. The zero-order valence-corrected chi connectivity index (χ0v) is 9.80. The molecule has 0 amide bonds. The quantitative estimate of drug-likeness (QED) is 0.854. The molecule has 0 fully saturated rings. The van der Waals surface area contributed by atoms with E-state index in [2.05, 4.69) is 0 Å². The van der Waals surface area contributed by atoms with Crippen molar-refractivity contribution in [3.05, 3.63) is 34.1 Å². The number of carboxylic acid groups (broad SMARTS) is 1. The van der Waals surface area contributed by atoms with E-state index in [0.717, 1.165) is 0 Å². The number of carbonyl (C=O) groups is 1. The van der Waals surface area contributed by atoms with Crippen LogP contribution in [0, 0.1) is 5.82 Å². The minimum absolute atomic E-state index is 0.0112. The Morgan fingerprint density at radius 1 is 1.53 bits per heavy atom. The largest absolute Gasteiger partial charge is 0.481 e. The van der Waals surface area contributed by atoms with E-state index in [9.17, 15) is 19.4 Å². The van der Waals surface area contributed by atoms with Gasteiger partial charge in [-0.05, 0) is 36.5 Å². The predicted molar refractivity (Wildman–Crippen MR) is 60.7 cm³/mol. The normalized spacial score (nSPS) is 23.2. The van der Waals surface area contributed by atoms with E-state index < -0.39 is 23.8 Å². The van der Waals surface area contributed by atoms with Gasteiger partial charge in [-0.2, -0.15) is 0 Å².